The van der Waals surface area contributed by atoms with Crippen molar-refractivity contribution in [3.63, 3.8) is 0 Å². The SMILES string of the molecule is Cc1ccc(C)c(-c2ccc3[nH]cc(CCN)c3c2)c1. The van der Waals surface area contributed by atoms with Gasteiger partial charge in [-0.25, -0.2) is 0 Å². The van der Waals surface area contributed by atoms with Crippen LogP contribution in [-0.4, -0.2) is 11.5 Å². The molecule has 0 aliphatic heterocycles. The number of hydrogen-bond donors (Lipinski definition) is 2. The molecule has 0 bridgehead atoms. The van der Waals surface area contributed by atoms with Crippen LogP contribution in [0.3, 0.4) is 0 Å². The number of hydrogen-bond acceptors (Lipinski definition) is 1. The van der Waals surface area contributed by atoms with Gasteiger partial charge in [-0.05, 0) is 61.2 Å². The first-order valence-corrected chi connectivity index (χ1v) is 7.07. The van der Waals surface area contributed by atoms with Crippen LogP contribution in [-0.2, 0) is 6.42 Å². The standard InChI is InChI=1S/C18H20N2/c1-12-3-4-13(2)16(9-12)14-5-6-18-17(10-14)15(7-8-19)11-20-18/h3-6,9-11,20H,7-8,19H2,1-2H3. The number of aryl methyl sites for hydroxylation is 2. The Labute approximate surface area is 119 Å². The van der Waals surface area contributed by atoms with Crippen molar-refractivity contribution < 1.29 is 0 Å². The summed E-state index contributed by atoms with van der Waals surface area (Å²) in [7, 11) is 0. The lowest BCUT2D eigenvalue weighted by atomic mass is 9.96. The molecule has 3 N–H and O–H groups in total. The smallest absolute Gasteiger partial charge is 0.0457 e. The molecule has 3 rings (SSSR count). The van der Waals surface area contributed by atoms with Gasteiger partial charge < -0.3 is 10.7 Å². The fourth-order valence-electron chi connectivity index (χ4n) is 2.76. The Kier molecular flexibility index (Phi) is 3.33. The van der Waals surface area contributed by atoms with E-state index < -0.39 is 0 Å². The van der Waals surface area contributed by atoms with Crippen molar-refractivity contribution in [3.05, 3.63) is 59.3 Å². The number of aromatic amines is 1. The summed E-state index contributed by atoms with van der Waals surface area (Å²) in [6.07, 6.45) is 2.99. The molecular formula is C18H20N2. The van der Waals surface area contributed by atoms with Crippen molar-refractivity contribution >= 4 is 10.9 Å². The molecule has 0 spiro atoms. The molecule has 20 heavy (non-hydrogen) atoms. The van der Waals surface area contributed by atoms with Gasteiger partial charge >= 0.3 is 0 Å². The number of nitrogens with two attached hydrogens (primary N) is 1. The van der Waals surface area contributed by atoms with Crippen LogP contribution in [0.25, 0.3) is 22.0 Å². The van der Waals surface area contributed by atoms with Crippen LogP contribution in [0.15, 0.2) is 42.6 Å². The van der Waals surface area contributed by atoms with E-state index >= 15 is 0 Å². The van der Waals surface area contributed by atoms with E-state index in [1.165, 1.54) is 38.7 Å². The van der Waals surface area contributed by atoms with Crippen molar-refractivity contribution in [3.8, 4) is 11.1 Å². The predicted octanol–water partition coefficient (Wildman–Crippen LogP) is 3.95. The van der Waals surface area contributed by atoms with E-state index in [4.69, 9.17) is 5.73 Å². The molecule has 2 aromatic carbocycles. The summed E-state index contributed by atoms with van der Waals surface area (Å²) in [5.41, 5.74) is 13.4. The van der Waals surface area contributed by atoms with Crippen LogP contribution in [0, 0.1) is 13.8 Å². The highest BCUT2D eigenvalue weighted by Gasteiger charge is 2.07. The number of H-pyrrole nitrogens is 1. The number of rotatable bonds is 3. The minimum Gasteiger partial charge on any atom is -0.361 e. The lowest BCUT2D eigenvalue weighted by molar-refractivity contribution is 0.976. The summed E-state index contributed by atoms with van der Waals surface area (Å²) < 4.78 is 0. The largest absolute Gasteiger partial charge is 0.361 e. The zero-order valence-corrected chi connectivity index (χ0v) is 12.0. The first-order valence-electron chi connectivity index (χ1n) is 7.07. The molecule has 1 heterocycles. The van der Waals surface area contributed by atoms with Crippen LogP contribution in [0.4, 0.5) is 0 Å². The van der Waals surface area contributed by atoms with E-state index in [2.05, 4.69) is 61.4 Å². The van der Waals surface area contributed by atoms with E-state index in [0.717, 1.165) is 6.42 Å². The van der Waals surface area contributed by atoms with E-state index in [0.29, 0.717) is 6.54 Å². The zero-order valence-electron chi connectivity index (χ0n) is 12.0. The van der Waals surface area contributed by atoms with Gasteiger partial charge in [0.15, 0.2) is 0 Å². The van der Waals surface area contributed by atoms with Crippen molar-refractivity contribution in [2.75, 3.05) is 6.54 Å². The molecule has 0 radical (unpaired) electrons. The summed E-state index contributed by atoms with van der Waals surface area (Å²) in [4.78, 5) is 3.32. The van der Waals surface area contributed by atoms with Gasteiger partial charge in [0, 0.05) is 17.1 Å². The molecule has 0 atom stereocenters. The van der Waals surface area contributed by atoms with Crippen LogP contribution < -0.4 is 5.73 Å². The number of benzene rings is 2. The second-order valence-electron chi connectivity index (χ2n) is 5.43. The average molecular weight is 264 g/mol. The summed E-state index contributed by atoms with van der Waals surface area (Å²) in [6.45, 7) is 4.98. The van der Waals surface area contributed by atoms with Crippen LogP contribution in [0.5, 0.6) is 0 Å². The van der Waals surface area contributed by atoms with Crippen molar-refractivity contribution in [1.29, 1.82) is 0 Å². The monoisotopic (exact) mass is 264 g/mol. The summed E-state index contributed by atoms with van der Waals surface area (Å²) in [5.74, 6) is 0. The molecule has 0 aliphatic carbocycles. The Morgan fingerprint density at radius 1 is 1.05 bits per heavy atom. The van der Waals surface area contributed by atoms with Gasteiger partial charge in [0.1, 0.15) is 0 Å². The van der Waals surface area contributed by atoms with Crippen molar-refractivity contribution in [1.82, 2.24) is 4.98 Å². The van der Waals surface area contributed by atoms with Gasteiger partial charge in [-0.15, -0.1) is 0 Å². The number of aromatic nitrogens is 1. The third kappa shape index (κ3) is 2.23. The topological polar surface area (TPSA) is 41.8 Å². The van der Waals surface area contributed by atoms with E-state index in [1.54, 1.807) is 0 Å². The molecule has 2 nitrogen and oxygen atoms in total. The molecule has 0 saturated carbocycles. The highest BCUT2D eigenvalue weighted by atomic mass is 14.7. The molecule has 0 fully saturated rings. The highest BCUT2D eigenvalue weighted by Crippen LogP contribution is 2.29. The maximum absolute atomic E-state index is 5.69. The van der Waals surface area contributed by atoms with Crippen LogP contribution in [0.2, 0.25) is 0 Å². The van der Waals surface area contributed by atoms with Gasteiger partial charge in [-0.2, -0.15) is 0 Å². The molecule has 0 unspecified atom stereocenters. The summed E-state index contributed by atoms with van der Waals surface area (Å²) in [5, 5.41) is 1.29. The van der Waals surface area contributed by atoms with E-state index in [9.17, 15) is 0 Å². The molecule has 0 aliphatic rings. The lowest BCUT2D eigenvalue weighted by Gasteiger charge is -2.08. The van der Waals surface area contributed by atoms with Crippen molar-refractivity contribution in [2.45, 2.75) is 20.3 Å². The fraction of sp³-hybridized carbons (Fsp3) is 0.222. The number of nitrogens with one attached hydrogen (secondary N) is 1. The van der Waals surface area contributed by atoms with E-state index in [1.807, 2.05) is 0 Å². The molecule has 1 aromatic heterocycles. The zero-order chi connectivity index (χ0) is 14.1. The Bertz CT molecular complexity index is 753. The second kappa shape index (κ2) is 5.14. The van der Waals surface area contributed by atoms with Crippen molar-refractivity contribution in [2.24, 2.45) is 5.73 Å². The molecule has 2 heteroatoms. The molecule has 102 valence electrons. The van der Waals surface area contributed by atoms with Crippen LogP contribution >= 0.6 is 0 Å². The molecular weight excluding hydrogens is 244 g/mol. The Morgan fingerprint density at radius 2 is 1.90 bits per heavy atom. The van der Waals surface area contributed by atoms with Gasteiger partial charge in [0.2, 0.25) is 0 Å². The quantitative estimate of drug-likeness (QED) is 0.739. The first kappa shape index (κ1) is 12.9. The Morgan fingerprint density at radius 3 is 2.70 bits per heavy atom. The second-order valence-corrected chi connectivity index (χ2v) is 5.43. The highest BCUT2D eigenvalue weighted by molar-refractivity contribution is 5.88. The van der Waals surface area contributed by atoms with Gasteiger partial charge in [0.25, 0.3) is 0 Å². The molecule has 0 saturated heterocycles. The fourth-order valence-corrected chi connectivity index (χ4v) is 2.76. The van der Waals surface area contributed by atoms with E-state index in [-0.39, 0.29) is 0 Å². The van der Waals surface area contributed by atoms with Crippen LogP contribution in [0.1, 0.15) is 16.7 Å². The predicted molar refractivity (Wildman–Crippen MR) is 86.0 cm³/mol. The first-order chi connectivity index (χ1) is 9.69. The Balaban J connectivity index is 2.16. The third-order valence-electron chi connectivity index (χ3n) is 3.89. The maximum Gasteiger partial charge on any atom is 0.0457 e. The minimum absolute atomic E-state index is 0.681. The Hall–Kier alpha value is -2.06. The lowest BCUT2D eigenvalue weighted by Crippen LogP contribution is -2.01. The number of fused-ring (bicyclic) bond motifs is 1. The minimum atomic E-state index is 0.681. The average Bonchev–Trinajstić information content (AvgIpc) is 2.84. The van der Waals surface area contributed by atoms with Gasteiger partial charge in [0.05, 0.1) is 0 Å². The normalized spacial score (nSPS) is 11.2. The van der Waals surface area contributed by atoms with Gasteiger partial charge in [-0.3, -0.25) is 0 Å². The third-order valence-corrected chi connectivity index (χ3v) is 3.89. The maximum atomic E-state index is 5.69. The molecule has 0 amide bonds. The summed E-state index contributed by atoms with van der Waals surface area (Å²) in [6, 6.07) is 13.2. The van der Waals surface area contributed by atoms with Gasteiger partial charge in [-0.1, -0.05) is 29.8 Å². The molecule has 3 aromatic rings. The summed E-state index contributed by atoms with van der Waals surface area (Å²) >= 11 is 0.